The summed E-state index contributed by atoms with van der Waals surface area (Å²) in [5, 5.41) is 9.04. The van der Waals surface area contributed by atoms with E-state index in [1.807, 2.05) is 49.7 Å². The van der Waals surface area contributed by atoms with Gasteiger partial charge in [0, 0.05) is 46.0 Å². The standard InChI is InChI=1S/C27H29N3O4S/c1-17(2)30-26(31)16-34-23-11-10-18(13-24(23)33-3)27(32)29-15-21(25-9-6-12-35-25)20-14-28-22-8-5-4-7-19(20)22/h4-14,17,21,28H,15-16H2,1-3H3,(H,29,32)(H,30,31). The van der Waals surface area contributed by atoms with Crippen LogP contribution in [0, 0.1) is 0 Å². The number of hydrogen-bond donors (Lipinski definition) is 3. The molecule has 0 aliphatic heterocycles. The molecule has 2 aromatic carbocycles. The van der Waals surface area contributed by atoms with Gasteiger partial charge in [-0.15, -0.1) is 11.3 Å². The fourth-order valence-corrected chi connectivity index (χ4v) is 4.81. The number of carbonyl (C=O) groups is 2. The fraction of sp³-hybridized carbons (Fsp3) is 0.259. The number of para-hydroxylation sites is 1. The van der Waals surface area contributed by atoms with E-state index in [-0.39, 0.29) is 30.4 Å². The predicted molar refractivity (Wildman–Crippen MR) is 139 cm³/mol. The van der Waals surface area contributed by atoms with Crippen LogP contribution in [0.1, 0.15) is 40.6 Å². The molecule has 4 rings (SSSR count). The second-order valence-corrected chi connectivity index (χ2v) is 9.42. The molecule has 0 aliphatic rings. The lowest BCUT2D eigenvalue weighted by atomic mass is 9.96. The maximum Gasteiger partial charge on any atom is 0.258 e. The number of fused-ring (bicyclic) bond motifs is 1. The van der Waals surface area contributed by atoms with Gasteiger partial charge in [0.25, 0.3) is 11.8 Å². The number of H-pyrrole nitrogens is 1. The molecule has 182 valence electrons. The lowest BCUT2D eigenvalue weighted by Crippen LogP contribution is -2.34. The Morgan fingerprint density at radius 3 is 2.63 bits per heavy atom. The Morgan fingerprint density at radius 1 is 1.06 bits per heavy atom. The Kier molecular flexibility index (Phi) is 7.72. The maximum atomic E-state index is 13.0. The molecule has 4 aromatic rings. The minimum atomic E-state index is -0.222. The summed E-state index contributed by atoms with van der Waals surface area (Å²) >= 11 is 1.67. The number of carbonyl (C=O) groups excluding carboxylic acids is 2. The lowest BCUT2D eigenvalue weighted by Gasteiger charge is -2.17. The second-order valence-electron chi connectivity index (χ2n) is 8.44. The summed E-state index contributed by atoms with van der Waals surface area (Å²) in [6.07, 6.45) is 2.02. The molecule has 1 unspecified atom stereocenters. The summed E-state index contributed by atoms with van der Waals surface area (Å²) in [5.74, 6) is 0.369. The van der Waals surface area contributed by atoms with Gasteiger partial charge in [-0.3, -0.25) is 9.59 Å². The molecule has 0 aliphatic carbocycles. The van der Waals surface area contributed by atoms with Crippen LogP contribution in [0.3, 0.4) is 0 Å². The third-order valence-electron chi connectivity index (χ3n) is 5.58. The highest BCUT2D eigenvalue weighted by atomic mass is 32.1. The Labute approximate surface area is 208 Å². The molecule has 2 amide bonds. The Balaban J connectivity index is 1.47. The van der Waals surface area contributed by atoms with Crippen LogP contribution in [0.4, 0.5) is 0 Å². The molecular formula is C27H29N3O4S. The molecule has 8 heteroatoms. The third kappa shape index (κ3) is 5.84. The number of methoxy groups -OCH3 is 1. The van der Waals surface area contributed by atoms with Crippen LogP contribution in [-0.2, 0) is 4.79 Å². The smallest absolute Gasteiger partial charge is 0.258 e. The number of hydrogen-bond acceptors (Lipinski definition) is 5. The average molecular weight is 492 g/mol. The Morgan fingerprint density at radius 2 is 1.89 bits per heavy atom. The molecular weight excluding hydrogens is 462 g/mol. The molecule has 0 fully saturated rings. The molecule has 2 heterocycles. The second kappa shape index (κ2) is 11.1. The molecule has 2 aromatic heterocycles. The van der Waals surface area contributed by atoms with Crippen LogP contribution in [0.25, 0.3) is 10.9 Å². The van der Waals surface area contributed by atoms with Crippen LogP contribution >= 0.6 is 11.3 Å². The van der Waals surface area contributed by atoms with Gasteiger partial charge in [0.1, 0.15) is 0 Å². The van der Waals surface area contributed by atoms with Crippen molar-refractivity contribution in [1.29, 1.82) is 0 Å². The van der Waals surface area contributed by atoms with Gasteiger partial charge in [0.2, 0.25) is 0 Å². The van der Waals surface area contributed by atoms with Gasteiger partial charge in [-0.25, -0.2) is 0 Å². The largest absolute Gasteiger partial charge is 0.493 e. The highest BCUT2D eigenvalue weighted by Crippen LogP contribution is 2.33. The van der Waals surface area contributed by atoms with Crippen molar-refractivity contribution in [2.24, 2.45) is 0 Å². The first-order valence-corrected chi connectivity index (χ1v) is 12.3. The summed E-state index contributed by atoms with van der Waals surface area (Å²) in [6.45, 7) is 4.07. The molecule has 7 nitrogen and oxygen atoms in total. The topological polar surface area (TPSA) is 92.4 Å². The summed E-state index contributed by atoms with van der Waals surface area (Å²) < 4.78 is 11.0. The number of benzene rings is 2. The van der Waals surface area contributed by atoms with Crippen molar-refractivity contribution in [3.63, 3.8) is 0 Å². The first-order valence-electron chi connectivity index (χ1n) is 11.4. The van der Waals surface area contributed by atoms with Gasteiger partial charge in [-0.1, -0.05) is 24.3 Å². The van der Waals surface area contributed by atoms with Crippen molar-refractivity contribution in [3.8, 4) is 11.5 Å². The van der Waals surface area contributed by atoms with E-state index in [4.69, 9.17) is 9.47 Å². The van der Waals surface area contributed by atoms with Crippen LogP contribution < -0.4 is 20.1 Å². The van der Waals surface area contributed by atoms with Crippen molar-refractivity contribution in [2.45, 2.75) is 25.8 Å². The van der Waals surface area contributed by atoms with Crippen LogP contribution in [0.5, 0.6) is 11.5 Å². The highest BCUT2D eigenvalue weighted by molar-refractivity contribution is 7.10. The molecule has 3 N–H and O–H groups in total. The van der Waals surface area contributed by atoms with Crippen LogP contribution in [-0.4, -0.2) is 43.1 Å². The third-order valence-corrected chi connectivity index (χ3v) is 6.57. The maximum absolute atomic E-state index is 13.0. The average Bonchev–Trinajstić information content (AvgIpc) is 3.53. The van der Waals surface area contributed by atoms with E-state index in [9.17, 15) is 9.59 Å². The normalized spacial score (nSPS) is 11.9. The number of ether oxygens (including phenoxy) is 2. The van der Waals surface area contributed by atoms with Crippen molar-refractivity contribution in [2.75, 3.05) is 20.3 Å². The van der Waals surface area contributed by atoms with Gasteiger partial charge in [0.05, 0.1) is 7.11 Å². The van der Waals surface area contributed by atoms with Gasteiger partial charge < -0.3 is 25.1 Å². The van der Waals surface area contributed by atoms with E-state index in [0.29, 0.717) is 23.6 Å². The van der Waals surface area contributed by atoms with Crippen molar-refractivity contribution in [1.82, 2.24) is 15.6 Å². The first-order chi connectivity index (χ1) is 17.0. The van der Waals surface area contributed by atoms with E-state index in [2.05, 4.69) is 27.8 Å². The monoisotopic (exact) mass is 491 g/mol. The van der Waals surface area contributed by atoms with E-state index >= 15 is 0 Å². The van der Waals surface area contributed by atoms with E-state index in [1.165, 1.54) is 12.0 Å². The zero-order valence-electron chi connectivity index (χ0n) is 20.0. The van der Waals surface area contributed by atoms with Gasteiger partial charge in [0.15, 0.2) is 18.1 Å². The molecule has 1 atom stereocenters. The van der Waals surface area contributed by atoms with Crippen LogP contribution in [0.2, 0.25) is 0 Å². The summed E-state index contributed by atoms with van der Waals surface area (Å²) in [4.78, 5) is 29.4. The predicted octanol–water partition coefficient (Wildman–Crippen LogP) is 4.70. The van der Waals surface area contributed by atoms with Crippen LogP contribution in [0.15, 0.2) is 66.2 Å². The SMILES string of the molecule is COc1cc(C(=O)NCC(c2cccs2)c2c[nH]c3ccccc23)ccc1OCC(=O)NC(C)C. The molecule has 0 radical (unpaired) electrons. The van der Waals surface area contributed by atoms with E-state index < -0.39 is 0 Å². The van der Waals surface area contributed by atoms with E-state index in [1.54, 1.807) is 29.5 Å². The summed E-state index contributed by atoms with van der Waals surface area (Å²) in [5.41, 5.74) is 2.66. The van der Waals surface area contributed by atoms with Crippen molar-refractivity contribution < 1.29 is 19.1 Å². The molecule has 35 heavy (non-hydrogen) atoms. The number of thiophene rings is 1. The first kappa shape index (κ1) is 24.3. The number of aromatic nitrogens is 1. The molecule has 0 saturated heterocycles. The van der Waals surface area contributed by atoms with Crippen molar-refractivity contribution >= 4 is 34.1 Å². The molecule has 0 spiro atoms. The Hall–Kier alpha value is -3.78. The summed E-state index contributed by atoms with van der Waals surface area (Å²) in [7, 11) is 1.50. The Bertz CT molecular complexity index is 1300. The molecule has 0 saturated carbocycles. The van der Waals surface area contributed by atoms with Crippen molar-refractivity contribution in [3.05, 3.63) is 82.2 Å². The lowest BCUT2D eigenvalue weighted by molar-refractivity contribution is -0.123. The number of rotatable bonds is 10. The fourth-order valence-electron chi connectivity index (χ4n) is 3.97. The van der Waals surface area contributed by atoms with Gasteiger partial charge in [-0.2, -0.15) is 0 Å². The molecule has 0 bridgehead atoms. The van der Waals surface area contributed by atoms with E-state index in [0.717, 1.165) is 16.5 Å². The number of amides is 2. The highest BCUT2D eigenvalue weighted by Gasteiger charge is 2.21. The zero-order chi connectivity index (χ0) is 24.8. The minimum absolute atomic E-state index is 0.0130. The van der Waals surface area contributed by atoms with Gasteiger partial charge >= 0.3 is 0 Å². The summed E-state index contributed by atoms with van der Waals surface area (Å²) in [6, 6.07) is 17.2. The zero-order valence-corrected chi connectivity index (χ0v) is 20.8. The quantitative estimate of drug-likeness (QED) is 0.300. The van der Waals surface area contributed by atoms with Gasteiger partial charge in [-0.05, 0) is 55.1 Å². The number of aromatic amines is 1. The minimum Gasteiger partial charge on any atom is -0.493 e. The number of nitrogens with one attached hydrogen (secondary N) is 3.